The predicted octanol–water partition coefficient (Wildman–Crippen LogP) is 1.98. The van der Waals surface area contributed by atoms with Crippen molar-refractivity contribution in [1.29, 1.82) is 5.26 Å². The maximum Gasteiger partial charge on any atom is 0.0969 e. The Hall–Kier alpha value is -1.50. The Morgan fingerprint density at radius 2 is 2.13 bits per heavy atom. The number of H-pyrrole nitrogens is 1. The van der Waals surface area contributed by atoms with E-state index in [4.69, 9.17) is 11.0 Å². The molecule has 2 aromatic rings. The number of nitrogens with two attached hydrogens (primary N) is 1. The first-order chi connectivity index (χ1) is 6.81. The van der Waals surface area contributed by atoms with E-state index in [1.165, 1.54) is 0 Å². The molecular formula is C11H12ClN3. The molecule has 4 heteroatoms. The second-order valence-electron chi connectivity index (χ2n) is 3.30. The Kier molecular flexibility index (Phi) is 3.73. The van der Waals surface area contributed by atoms with Gasteiger partial charge in [-0.1, -0.05) is 18.2 Å². The summed E-state index contributed by atoms with van der Waals surface area (Å²) in [7, 11) is 0. The van der Waals surface area contributed by atoms with Gasteiger partial charge in [0, 0.05) is 23.5 Å². The van der Waals surface area contributed by atoms with Gasteiger partial charge in [-0.3, -0.25) is 0 Å². The molecule has 1 aromatic carbocycles. The Morgan fingerprint density at radius 1 is 1.40 bits per heavy atom. The molecule has 15 heavy (non-hydrogen) atoms. The fraction of sp³-hybridized carbons (Fsp3) is 0.182. The second kappa shape index (κ2) is 4.83. The van der Waals surface area contributed by atoms with Crippen molar-refractivity contribution in [3.8, 4) is 6.07 Å². The second-order valence-corrected chi connectivity index (χ2v) is 3.30. The average Bonchev–Trinajstić information content (AvgIpc) is 2.62. The fourth-order valence-corrected chi connectivity index (χ4v) is 1.58. The summed E-state index contributed by atoms with van der Waals surface area (Å²) in [6.45, 7) is 0. The average molecular weight is 222 g/mol. The molecule has 0 spiro atoms. The van der Waals surface area contributed by atoms with E-state index >= 15 is 0 Å². The molecule has 1 heterocycles. The Labute approximate surface area is 94.3 Å². The zero-order valence-corrected chi connectivity index (χ0v) is 8.92. The predicted molar refractivity (Wildman–Crippen MR) is 62.8 cm³/mol. The number of halogens is 1. The monoisotopic (exact) mass is 221 g/mol. The van der Waals surface area contributed by atoms with Crippen molar-refractivity contribution in [2.45, 2.75) is 12.5 Å². The number of fused-ring (bicyclic) bond motifs is 1. The third-order valence-corrected chi connectivity index (χ3v) is 2.28. The van der Waals surface area contributed by atoms with E-state index in [9.17, 15) is 0 Å². The van der Waals surface area contributed by atoms with E-state index in [2.05, 4.69) is 4.98 Å². The van der Waals surface area contributed by atoms with Gasteiger partial charge < -0.3 is 10.7 Å². The standard InChI is InChI=1S/C11H11N3.ClH/c12-6-9(13)5-8-7-14-11-4-2-1-3-10(8)11;/h1-4,7,9,14H,5,13H2;1H/t9-;/m0./s1. The van der Waals surface area contributed by atoms with Crippen LogP contribution in [-0.4, -0.2) is 11.0 Å². The molecule has 0 aliphatic carbocycles. The summed E-state index contributed by atoms with van der Waals surface area (Å²) >= 11 is 0. The van der Waals surface area contributed by atoms with Crippen LogP contribution in [0.3, 0.4) is 0 Å². The topological polar surface area (TPSA) is 65.6 Å². The summed E-state index contributed by atoms with van der Waals surface area (Å²) in [5, 5.41) is 9.77. The van der Waals surface area contributed by atoms with Gasteiger partial charge in [-0.25, -0.2) is 0 Å². The van der Waals surface area contributed by atoms with Crippen LogP contribution in [0.2, 0.25) is 0 Å². The van der Waals surface area contributed by atoms with Gasteiger partial charge in [-0.05, 0) is 11.6 Å². The SMILES string of the molecule is Cl.N#C[C@@H](N)Cc1c[nH]c2ccccc12. The molecular weight excluding hydrogens is 210 g/mol. The number of aromatic amines is 1. The number of nitrogens with zero attached hydrogens (tertiary/aromatic N) is 1. The number of benzene rings is 1. The summed E-state index contributed by atoms with van der Waals surface area (Å²) in [6.07, 6.45) is 2.52. The molecule has 1 atom stereocenters. The summed E-state index contributed by atoms with van der Waals surface area (Å²) in [4.78, 5) is 3.15. The normalized spacial score (nSPS) is 11.7. The van der Waals surface area contributed by atoms with Crippen LogP contribution in [0.1, 0.15) is 5.56 Å². The van der Waals surface area contributed by atoms with Crippen molar-refractivity contribution in [2.75, 3.05) is 0 Å². The largest absolute Gasteiger partial charge is 0.361 e. The first kappa shape index (κ1) is 11.6. The Morgan fingerprint density at radius 3 is 2.87 bits per heavy atom. The van der Waals surface area contributed by atoms with Crippen LogP contribution in [0, 0.1) is 11.3 Å². The van der Waals surface area contributed by atoms with Gasteiger partial charge in [0.1, 0.15) is 0 Å². The number of nitriles is 1. The highest BCUT2D eigenvalue weighted by atomic mass is 35.5. The van der Waals surface area contributed by atoms with E-state index in [1.54, 1.807) is 0 Å². The third-order valence-electron chi connectivity index (χ3n) is 2.28. The maximum absolute atomic E-state index is 8.62. The van der Waals surface area contributed by atoms with Gasteiger partial charge >= 0.3 is 0 Å². The van der Waals surface area contributed by atoms with Crippen LogP contribution in [0.4, 0.5) is 0 Å². The van der Waals surface area contributed by atoms with Crippen LogP contribution >= 0.6 is 12.4 Å². The van der Waals surface area contributed by atoms with Crippen molar-refractivity contribution in [3.63, 3.8) is 0 Å². The van der Waals surface area contributed by atoms with E-state index in [-0.39, 0.29) is 12.4 Å². The van der Waals surface area contributed by atoms with E-state index in [0.717, 1.165) is 16.5 Å². The van der Waals surface area contributed by atoms with Gasteiger partial charge in [0.2, 0.25) is 0 Å². The van der Waals surface area contributed by atoms with Crippen LogP contribution in [0.5, 0.6) is 0 Å². The minimum absolute atomic E-state index is 0. The lowest BCUT2D eigenvalue weighted by Gasteiger charge is -2.00. The van der Waals surface area contributed by atoms with Crippen LogP contribution in [0.25, 0.3) is 10.9 Å². The summed E-state index contributed by atoms with van der Waals surface area (Å²) in [6, 6.07) is 9.62. The lowest BCUT2D eigenvalue weighted by molar-refractivity contribution is 0.827. The number of hydrogen-bond donors (Lipinski definition) is 2. The number of para-hydroxylation sites is 1. The van der Waals surface area contributed by atoms with Crippen molar-refractivity contribution >= 4 is 23.3 Å². The van der Waals surface area contributed by atoms with Gasteiger partial charge in [0.15, 0.2) is 0 Å². The highest BCUT2D eigenvalue weighted by Gasteiger charge is 2.06. The number of nitrogens with one attached hydrogen (secondary N) is 1. The molecule has 0 fully saturated rings. The van der Waals surface area contributed by atoms with E-state index in [0.29, 0.717) is 6.42 Å². The molecule has 0 saturated heterocycles. The van der Waals surface area contributed by atoms with Gasteiger partial charge in [0.05, 0.1) is 12.1 Å². The molecule has 78 valence electrons. The minimum Gasteiger partial charge on any atom is -0.361 e. The molecule has 3 N–H and O–H groups in total. The maximum atomic E-state index is 8.62. The van der Waals surface area contributed by atoms with Crippen LogP contribution in [0.15, 0.2) is 30.5 Å². The van der Waals surface area contributed by atoms with Crippen molar-refractivity contribution in [3.05, 3.63) is 36.0 Å². The Bertz CT molecular complexity index is 484. The molecule has 0 aliphatic heterocycles. The van der Waals surface area contributed by atoms with Crippen molar-refractivity contribution in [1.82, 2.24) is 4.98 Å². The van der Waals surface area contributed by atoms with Gasteiger partial charge in [-0.15, -0.1) is 12.4 Å². The third kappa shape index (κ3) is 2.30. The number of rotatable bonds is 2. The zero-order chi connectivity index (χ0) is 9.97. The Balaban J connectivity index is 0.00000112. The highest BCUT2D eigenvalue weighted by Crippen LogP contribution is 2.18. The van der Waals surface area contributed by atoms with E-state index < -0.39 is 6.04 Å². The minimum atomic E-state index is -0.422. The molecule has 0 bridgehead atoms. The molecule has 3 nitrogen and oxygen atoms in total. The van der Waals surface area contributed by atoms with Gasteiger partial charge in [0.25, 0.3) is 0 Å². The molecule has 0 amide bonds. The molecule has 0 unspecified atom stereocenters. The first-order valence-corrected chi connectivity index (χ1v) is 4.51. The summed E-state index contributed by atoms with van der Waals surface area (Å²) < 4.78 is 0. The molecule has 0 radical (unpaired) electrons. The molecule has 0 aliphatic rings. The summed E-state index contributed by atoms with van der Waals surface area (Å²) in [5.74, 6) is 0. The molecule has 0 saturated carbocycles. The van der Waals surface area contributed by atoms with Crippen LogP contribution in [-0.2, 0) is 6.42 Å². The van der Waals surface area contributed by atoms with E-state index in [1.807, 2.05) is 36.5 Å². The molecule has 1 aromatic heterocycles. The zero-order valence-electron chi connectivity index (χ0n) is 8.10. The molecule has 2 rings (SSSR count). The number of hydrogen-bond acceptors (Lipinski definition) is 2. The van der Waals surface area contributed by atoms with Crippen molar-refractivity contribution < 1.29 is 0 Å². The van der Waals surface area contributed by atoms with Crippen molar-refractivity contribution in [2.24, 2.45) is 5.73 Å². The lowest BCUT2D eigenvalue weighted by Crippen LogP contribution is -2.19. The lowest BCUT2D eigenvalue weighted by atomic mass is 10.1. The summed E-state index contributed by atoms with van der Waals surface area (Å²) in [5.41, 5.74) is 7.78. The van der Waals surface area contributed by atoms with Crippen LogP contribution < -0.4 is 5.73 Å². The quantitative estimate of drug-likeness (QED) is 0.815. The highest BCUT2D eigenvalue weighted by molar-refractivity contribution is 5.85. The fourth-order valence-electron chi connectivity index (χ4n) is 1.58. The number of aromatic nitrogens is 1. The smallest absolute Gasteiger partial charge is 0.0969 e. The van der Waals surface area contributed by atoms with Gasteiger partial charge in [-0.2, -0.15) is 5.26 Å². The first-order valence-electron chi connectivity index (χ1n) is 4.51.